The lowest BCUT2D eigenvalue weighted by Gasteiger charge is -2.19. The number of rotatable bonds is 6. The zero-order chi connectivity index (χ0) is 17.5. The van der Waals surface area contributed by atoms with Crippen molar-refractivity contribution in [3.63, 3.8) is 0 Å². The van der Waals surface area contributed by atoms with Gasteiger partial charge in [-0.25, -0.2) is 0 Å². The molecule has 5 nitrogen and oxygen atoms in total. The lowest BCUT2D eigenvalue weighted by molar-refractivity contribution is -0.123. The first-order valence-electron chi connectivity index (χ1n) is 8.37. The van der Waals surface area contributed by atoms with E-state index in [-0.39, 0.29) is 24.2 Å². The van der Waals surface area contributed by atoms with Gasteiger partial charge in [-0.2, -0.15) is 0 Å². The highest BCUT2D eigenvalue weighted by Crippen LogP contribution is 2.31. The maximum atomic E-state index is 12.2. The summed E-state index contributed by atoms with van der Waals surface area (Å²) in [5.74, 6) is 1.22. The normalized spacial score (nSPS) is 19.2. The molecule has 1 aliphatic carbocycles. The SMILES string of the molecule is CCNC(=O)COc1ccc(/C=C2\CCC[C@@H](C)C2=O)cc1OC. The van der Waals surface area contributed by atoms with Crippen LogP contribution in [-0.2, 0) is 9.59 Å². The first-order valence-corrected chi connectivity index (χ1v) is 8.37. The minimum atomic E-state index is -0.174. The minimum absolute atomic E-state index is 0.0549. The van der Waals surface area contributed by atoms with E-state index >= 15 is 0 Å². The summed E-state index contributed by atoms with van der Waals surface area (Å²) in [5.41, 5.74) is 1.77. The first kappa shape index (κ1) is 18.0. The number of carbonyl (C=O) groups is 2. The van der Waals surface area contributed by atoms with E-state index < -0.39 is 0 Å². The Kier molecular flexibility index (Phi) is 6.41. The average Bonchev–Trinajstić information content (AvgIpc) is 2.58. The maximum Gasteiger partial charge on any atom is 0.257 e. The fraction of sp³-hybridized carbons (Fsp3) is 0.474. The third-order valence-electron chi connectivity index (χ3n) is 4.11. The molecule has 1 aromatic rings. The molecule has 0 spiro atoms. The first-order chi connectivity index (χ1) is 11.5. The standard InChI is InChI=1S/C19H25NO4/c1-4-20-18(21)12-24-16-9-8-14(11-17(16)23-3)10-15-7-5-6-13(2)19(15)22/h8-11,13H,4-7,12H2,1-3H3,(H,20,21)/b15-10+/t13-/m1/s1. The third-order valence-corrected chi connectivity index (χ3v) is 4.11. The van der Waals surface area contributed by atoms with Gasteiger partial charge in [0.25, 0.3) is 5.91 Å². The number of hydrogen-bond donors (Lipinski definition) is 1. The van der Waals surface area contributed by atoms with E-state index in [4.69, 9.17) is 9.47 Å². The predicted octanol–water partition coefficient (Wildman–Crippen LogP) is 2.98. The van der Waals surface area contributed by atoms with Crippen molar-refractivity contribution in [2.24, 2.45) is 5.92 Å². The molecule has 0 unspecified atom stereocenters. The summed E-state index contributed by atoms with van der Waals surface area (Å²) in [6.45, 7) is 4.35. The van der Waals surface area contributed by atoms with Crippen molar-refractivity contribution in [2.45, 2.75) is 33.1 Å². The van der Waals surface area contributed by atoms with Crippen molar-refractivity contribution in [2.75, 3.05) is 20.3 Å². The molecule has 130 valence electrons. The molecule has 5 heteroatoms. The van der Waals surface area contributed by atoms with E-state index in [1.807, 2.05) is 32.1 Å². The number of methoxy groups -OCH3 is 1. The molecule has 0 aromatic heterocycles. The van der Waals surface area contributed by atoms with Crippen molar-refractivity contribution < 1.29 is 19.1 Å². The molecule has 1 amide bonds. The Morgan fingerprint density at radius 3 is 2.88 bits per heavy atom. The van der Waals surface area contributed by atoms with Crippen LogP contribution in [0.3, 0.4) is 0 Å². The fourth-order valence-corrected chi connectivity index (χ4v) is 2.80. The average molecular weight is 331 g/mol. The summed E-state index contributed by atoms with van der Waals surface area (Å²) in [5, 5.41) is 2.68. The number of ether oxygens (including phenoxy) is 2. The highest BCUT2D eigenvalue weighted by molar-refractivity contribution is 6.01. The number of benzene rings is 1. The van der Waals surface area contributed by atoms with Crippen molar-refractivity contribution >= 4 is 17.8 Å². The molecular weight excluding hydrogens is 306 g/mol. The van der Waals surface area contributed by atoms with Gasteiger partial charge in [0, 0.05) is 12.5 Å². The Morgan fingerprint density at radius 2 is 2.17 bits per heavy atom. The number of Topliss-reactive ketones (excluding diaryl/α,β-unsaturated/α-hetero) is 1. The van der Waals surface area contributed by atoms with Crippen LogP contribution in [0.15, 0.2) is 23.8 Å². The van der Waals surface area contributed by atoms with Gasteiger partial charge in [0.05, 0.1) is 7.11 Å². The maximum absolute atomic E-state index is 12.2. The van der Waals surface area contributed by atoms with Crippen LogP contribution in [0, 0.1) is 5.92 Å². The quantitative estimate of drug-likeness (QED) is 0.814. The predicted molar refractivity (Wildman–Crippen MR) is 93.2 cm³/mol. The van der Waals surface area contributed by atoms with Crippen LogP contribution in [0.4, 0.5) is 0 Å². The molecule has 1 fully saturated rings. The molecule has 24 heavy (non-hydrogen) atoms. The molecule has 1 aliphatic rings. The third kappa shape index (κ3) is 4.60. The Bertz CT molecular complexity index is 636. The van der Waals surface area contributed by atoms with Gasteiger partial charge in [-0.3, -0.25) is 9.59 Å². The van der Waals surface area contributed by atoms with Crippen LogP contribution in [0.5, 0.6) is 11.5 Å². The van der Waals surface area contributed by atoms with E-state index in [0.29, 0.717) is 18.0 Å². The van der Waals surface area contributed by atoms with Crippen LogP contribution >= 0.6 is 0 Å². The zero-order valence-electron chi connectivity index (χ0n) is 14.6. The highest BCUT2D eigenvalue weighted by atomic mass is 16.5. The van der Waals surface area contributed by atoms with Gasteiger partial charge < -0.3 is 14.8 Å². The summed E-state index contributed by atoms with van der Waals surface area (Å²) in [4.78, 5) is 23.7. The summed E-state index contributed by atoms with van der Waals surface area (Å²) < 4.78 is 10.8. The topological polar surface area (TPSA) is 64.6 Å². The van der Waals surface area contributed by atoms with Crippen LogP contribution in [0.25, 0.3) is 6.08 Å². The van der Waals surface area contributed by atoms with E-state index in [0.717, 1.165) is 30.4 Å². The van der Waals surface area contributed by atoms with Crippen LogP contribution < -0.4 is 14.8 Å². The summed E-state index contributed by atoms with van der Waals surface area (Å²) in [7, 11) is 1.55. The van der Waals surface area contributed by atoms with Gasteiger partial charge in [-0.05, 0) is 55.5 Å². The summed E-state index contributed by atoms with van der Waals surface area (Å²) in [6, 6.07) is 5.46. The Hall–Kier alpha value is -2.30. The Balaban J connectivity index is 2.13. The number of amides is 1. The molecule has 0 radical (unpaired) electrons. The fourth-order valence-electron chi connectivity index (χ4n) is 2.80. The number of hydrogen-bond acceptors (Lipinski definition) is 4. The molecule has 0 saturated heterocycles. The van der Waals surface area contributed by atoms with E-state index in [1.165, 1.54) is 0 Å². The Morgan fingerprint density at radius 1 is 1.38 bits per heavy atom. The molecule has 0 aliphatic heterocycles. The van der Waals surface area contributed by atoms with Gasteiger partial charge in [-0.15, -0.1) is 0 Å². The van der Waals surface area contributed by atoms with Gasteiger partial charge in [-0.1, -0.05) is 13.0 Å². The molecule has 0 bridgehead atoms. The zero-order valence-corrected chi connectivity index (χ0v) is 14.6. The minimum Gasteiger partial charge on any atom is -0.493 e. The van der Waals surface area contributed by atoms with Crippen molar-refractivity contribution in [1.29, 1.82) is 0 Å². The second-order valence-electron chi connectivity index (χ2n) is 5.98. The van der Waals surface area contributed by atoms with Crippen LogP contribution in [-0.4, -0.2) is 32.0 Å². The number of allylic oxidation sites excluding steroid dienone is 1. The van der Waals surface area contributed by atoms with E-state index in [2.05, 4.69) is 5.32 Å². The largest absolute Gasteiger partial charge is 0.493 e. The van der Waals surface area contributed by atoms with Crippen molar-refractivity contribution in [3.05, 3.63) is 29.3 Å². The second-order valence-corrected chi connectivity index (χ2v) is 5.98. The lowest BCUT2D eigenvalue weighted by atomic mass is 9.84. The molecule has 1 saturated carbocycles. The molecule has 2 rings (SSSR count). The lowest BCUT2D eigenvalue weighted by Crippen LogP contribution is -2.28. The smallest absolute Gasteiger partial charge is 0.257 e. The Labute approximate surface area is 143 Å². The van der Waals surface area contributed by atoms with Crippen LogP contribution in [0.1, 0.15) is 38.7 Å². The van der Waals surface area contributed by atoms with Crippen LogP contribution in [0.2, 0.25) is 0 Å². The second kappa shape index (κ2) is 8.52. The van der Waals surface area contributed by atoms with E-state index in [1.54, 1.807) is 13.2 Å². The molecule has 1 aromatic carbocycles. The molecular formula is C19H25NO4. The molecule has 1 N–H and O–H groups in total. The summed E-state index contributed by atoms with van der Waals surface area (Å²) >= 11 is 0. The monoisotopic (exact) mass is 331 g/mol. The number of likely N-dealkylation sites (N-methyl/N-ethyl adjacent to an activating group) is 1. The summed E-state index contributed by atoms with van der Waals surface area (Å²) in [6.07, 6.45) is 4.75. The number of carbonyl (C=O) groups excluding carboxylic acids is 2. The van der Waals surface area contributed by atoms with Gasteiger partial charge >= 0.3 is 0 Å². The molecule has 1 atom stereocenters. The van der Waals surface area contributed by atoms with Crippen molar-refractivity contribution in [1.82, 2.24) is 5.32 Å². The van der Waals surface area contributed by atoms with Crippen molar-refractivity contribution in [3.8, 4) is 11.5 Å². The highest BCUT2D eigenvalue weighted by Gasteiger charge is 2.22. The van der Waals surface area contributed by atoms with E-state index in [9.17, 15) is 9.59 Å². The van der Waals surface area contributed by atoms with Gasteiger partial charge in [0.1, 0.15) is 0 Å². The number of nitrogens with one attached hydrogen (secondary N) is 1. The van der Waals surface area contributed by atoms with Gasteiger partial charge in [0.15, 0.2) is 23.9 Å². The molecule has 0 heterocycles. The van der Waals surface area contributed by atoms with Gasteiger partial charge in [0.2, 0.25) is 0 Å². The number of ketones is 1.